The summed E-state index contributed by atoms with van der Waals surface area (Å²) in [6.07, 6.45) is 14.4. The molecule has 0 saturated carbocycles. The second-order valence-electron chi connectivity index (χ2n) is 5.07. The first-order chi connectivity index (χ1) is 8.14. The van der Waals surface area contributed by atoms with E-state index in [1.165, 1.54) is 44.9 Å². The van der Waals surface area contributed by atoms with Gasteiger partial charge in [0.15, 0.2) is 0 Å². The van der Waals surface area contributed by atoms with Gasteiger partial charge < -0.3 is 0 Å². The highest BCUT2D eigenvalue weighted by atomic mass is 35.5. The minimum absolute atomic E-state index is 0.0995. The summed E-state index contributed by atoms with van der Waals surface area (Å²) in [5.41, 5.74) is 0. The van der Waals surface area contributed by atoms with Gasteiger partial charge in [-0.2, -0.15) is 0 Å². The fraction of sp³-hybridized carbons (Fsp3) is 0.875. The maximum Gasteiger partial charge on any atom is 0.0651 e. The van der Waals surface area contributed by atoms with Crippen molar-refractivity contribution >= 4 is 11.6 Å². The Labute approximate surface area is 114 Å². The number of rotatable bonds is 10. The van der Waals surface area contributed by atoms with Crippen LogP contribution >= 0.6 is 11.6 Å². The van der Waals surface area contributed by atoms with Crippen LogP contribution in [-0.4, -0.2) is 4.87 Å². The van der Waals surface area contributed by atoms with Gasteiger partial charge in [0.1, 0.15) is 0 Å². The molecule has 1 heteroatoms. The Kier molecular flexibility index (Phi) is 10.0. The summed E-state index contributed by atoms with van der Waals surface area (Å²) in [7, 11) is 0. The lowest BCUT2D eigenvalue weighted by Gasteiger charge is -2.31. The third-order valence-electron chi connectivity index (χ3n) is 3.74. The summed E-state index contributed by atoms with van der Waals surface area (Å²) < 4.78 is 0. The molecule has 0 rings (SSSR count). The van der Waals surface area contributed by atoms with Crippen LogP contribution in [0.1, 0.15) is 79.1 Å². The van der Waals surface area contributed by atoms with E-state index in [-0.39, 0.29) is 4.87 Å². The average Bonchev–Trinajstić information content (AvgIpc) is 2.35. The van der Waals surface area contributed by atoms with Crippen LogP contribution in [0.2, 0.25) is 0 Å². The standard InChI is InChI=1S/C16H31Cl/c1-5-9-11-12-14-16(17,8-4)15(7-3)13-10-6-2/h12,14-15H,5-11,13H2,1-4H3. The Morgan fingerprint density at radius 3 is 2.18 bits per heavy atom. The van der Waals surface area contributed by atoms with Gasteiger partial charge in [-0.3, -0.25) is 0 Å². The molecular formula is C16H31Cl. The number of allylic oxidation sites excluding steroid dienone is 2. The summed E-state index contributed by atoms with van der Waals surface area (Å²) in [4.78, 5) is -0.0995. The Balaban J connectivity index is 4.42. The molecule has 0 spiro atoms. The molecule has 0 aliphatic carbocycles. The van der Waals surface area contributed by atoms with Crippen LogP contribution in [-0.2, 0) is 0 Å². The van der Waals surface area contributed by atoms with Crippen LogP contribution in [0.3, 0.4) is 0 Å². The zero-order chi connectivity index (χ0) is 13.1. The Bertz CT molecular complexity index is 198. The van der Waals surface area contributed by atoms with Gasteiger partial charge in [0.2, 0.25) is 0 Å². The van der Waals surface area contributed by atoms with Gasteiger partial charge in [0, 0.05) is 0 Å². The molecule has 0 amide bonds. The van der Waals surface area contributed by atoms with Crippen molar-refractivity contribution in [3.05, 3.63) is 12.2 Å². The molecule has 17 heavy (non-hydrogen) atoms. The van der Waals surface area contributed by atoms with Gasteiger partial charge >= 0.3 is 0 Å². The molecular weight excluding hydrogens is 228 g/mol. The second kappa shape index (κ2) is 10.00. The minimum Gasteiger partial charge on any atom is -0.114 e. The smallest absolute Gasteiger partial charge is 0.0651 e. The van der Waals surface area contributed by atoms with Gasteiger partial charge in [0.05, 0.1) is 4.87 Å². The fourth-order valence-electron chi connectivity index (χ4n) is 2.38. The largest absolute Gasteiger partial charge is 0.114 e. The quantitative estimate of drug-likeness (QED) is 0.244. The van der Waals surface area contributed by atoms with Crippen LogP contribution in [0.15, 0.2) is 12.2 Å². The van der Waals surface area contributed by atoms with E-state index in [9.17, 15) is 0 Å². The SMILES string of the molecule is CCCCC=CC(Cl)(CC)C(CC)CCCC. The molecule has 2 unspecified atom stereocenters. The van der Waals surface area contributed by atoms with Crippen molar-refractivity contribution in [1.82, 2.24) is 0 Å². The van der Waals surface area contributed by atoms with Crippen molar-refractivity contribution in [3.63, 3.8) is 0 Å². The maximum atomic E-state index is 6.82. The summed E-state index contributed by atoms with van der Waals surface area (Å²) >= 11 is 6.82. The number of alkyl halides is 1. The molecule has 0 aromatic heterocycles. The average molecular weight is 259 g/mol. The first-order valence-corrected chi connectivity index (χ1v) is 7.88. The number of halogens is 1. The van der Waals surface area contributed by atoms with E-state index in [4.69, 9.17) is 11.6 Å². The Morgan fingerprint density at radius 2 is 1.71 bits per heavy atom. The van der Waals surface area contributed by atoms with E-state index < -0.39 is 0 Å². The molecule has 0 radical (unpaired) electrons. The van der Waals surface area contributed by atoms with E-state index in [0.29, 0.717) is 5.92 Å². The maximum absolute atomic E-state index is 6.82. The minimum atomic E-state index is -0.0995. The molecule has 0 aliphatic rings. The normalized spacial score (nSPS) is 17.2. The highest BCUT2D eigenvalue weighted by Crippen LogP contribution is 2.36. The molecule has 0 N–H and O–H groups in total. The Hall–Kier alpha value is 0.0300. The van der Waals surface area contributed by atoms with Crippen LogP contribution in [0.25, 0.3) is 0 Å². The molecule has 0 fully saturated rings. The molecule has 0 heterocycles. The second-order valence-corrected chi connectivity index (χ2v) is 5.78. The van der Waals surface area contributed by atoms with Gasteiger partial charge in [0.25, 0.3) is 0 Å². The zero-order valence-corrected chi connectivity index (χ0v) is 13.0. The Morgan fingerprint density at radius 1 is 1.06 bits per heavy atom. The first-order valence-electron chi connectivity index (χ1n) is 7.51. The van der Waals surface area contributed by atoms with Crippen LogP contribution < -0.4 is 0 Å². The lowest BCUT2D eigenvalue weighted by molar-refractivity contribution is 0.365. The van der Waals surface area contributed by atoms with Crippen molar-refractivity contribution in [3.8, 4) is 0 Å². The van der Waals surface area contributed by atoms with E-state index in [0.717, 1.165) is 6.42 Å². The number of unbranched alkanes of at least 4 members (excludes halogenated alkanes) is 3. The van der Waals surface area contributed by atoms with Crippen molar-refractivity contribution in [2.75, 3.05) is 0 Å². The summed E-state index contributed by atoms with van der Waals surface area (Å²) in [6, 6.07) is 0. The monoisotopic (exact) mass is 258 g/mol. The summed E-state index contributed by atoms with van der Waals surface area (Å²) in [5, 5.41) is 0. The molecule has 102 valence electrons. The van der Waals surface area contributed by atoms with E-state index >= 15 is 0 Å². The van der Waals surface area contributed by atoms with Crippen LogP contribution in [0.5, 0.6) is 0 Å². The topological polar surface area (TPSA) is 0 Å². The molecule has 0 aromatic rings. The highest BCUT2D eigenvalue weighted by Gasteiger charge is 2.30. The molecule has 0 nitrogen and oxygen atoms in total. The summed E-state index contributed by atoms with van der Waals surface area (Å²) in [5.74, 6) is 0.631. The van der Waals surface area contributed by atoms with Crippen LogP contribution in [0, 0.1) is 5.92 Å². The lowest BCUT2D eigenvalue weighted by Crippen LogP contribution is -2.28. The van der Waals surface area contributed by atoms with Gasteiger partial charge in [-0.05, 0) is 25.2 Å². The molecule has 0 bridgehead atoms. The number of hydrogen-bond donors (Lipinski definition) is 0. The van der Waals surface area contributed by atoms with Crippen molar-refractivity contribution in [2.45, 2.75) is 83.9 Å². The number of hydrogen-bond acceptors (Lipinski definition) is 0. The van der Waals surface area contributed by atoms with E-state index in [1.54, 1.807) is 0 Å². The van der Waals surface area contributed by atoms with Crippen LogP contribution in [0.4, 0.5) is 0 Å². The predicted molar refractivity (Wildman–Crippen MR) is 80.8 cm³/mol. The third-order valence-corrected chi connectivity index (χ3v) is 4.44. The lowest BCUT2D eigenvalue weighted by atomic mass is 9.83. The van der Waals surface area contributed by atoms with Crippen molar-refractivity contribution in [2.24, 2.45) is 5.92 Å². The van der Waals surface area contributed by atoms with Gasteiger partial charge in [-0.1, -0.05) is 72.0 Å². The zero-order valence-electron chi connectivity index (χ0n) is 12.3. The fourth-order valence-corrected chi connectivity index (χ4v) is 2.73. The van der Waals surface area contributed by atoms with Gasteiger partial charge in [-0.25, -0.2) is 0 Å². The third kappa shape index (κ3) is 6.50. The highest BCUT2D eigenvalue weighted by molar-refractivity contribution is 6.25. The predicted octanol–water partition coefficient (Wildman–Crippen LogP) is 6.34. The van der Waals surface area contributed by atoms with E-state index in [2.05, 4.69) is 39.8 Å². The van der Waals surface area contributed by atoms with Crippen molar-refractivity contribution < 1.29 is 0 Å². The molecule has 0 saturated heterocycles. The van der Waals surface area contributed by atoms with Crippen molar-refractivity contribution in [1.29, 1.82) is 0 Å². The summed E-state index contributed by atoms with van der Waals surface area (Å²) in [6.45, 7) is 8.97. The molecule has 0 aliphatic heterocycles. The molecule has 2 atom stereocenters. The van der Waals surface area contributed by atoms with E-state index in [1.807, 2.05) is 0 Å². The van der Waals surface area contributed by atoms with Gasteiger partial charge in [-0.15, -0.1) is 11.6 Å². The first kappa shape index (κ1) is 17.0. The molecule has 0 aromatic carbocycles.